The van der Waals surface area contributed by atoms with Gasteiger partial charge in [-0.15, -0.1) is 0 Å². The molecule has 0 aromatic heterocycles. The molecule has 0 atom stereocenters. The zero-order chi connectivity index (χ0) is 18.8. The Balaban J connectivity index is 3.03. The molecule has 0 aliphatic heterocycles. The van der Waals surface area contributed by atoms with E-state index >= 15 is 0 Å². The third-order valence-electron chi connectivity index (χ3n) is 3.52. The van der Waals surface area contributed by atoms with Crippen LogP contribution in [-0.4, -0.2) is 29.0 Å². The molecular formula is C21H26O4. The van der Waals surface area contributed by atoms with Crippen molar-refractivity contribution in [1.29, 1.82) is 0 Å². The van der Waals surface area contributed by atoms with Gasteiger partial charge in [0, 0.05) is 5.57 Å². The maximum absolute atomic E-state index is 10.2. The first-order valence-corrected chi connectivity index (χ1v) is 7.95. The average Bonchev–Trinajstić information content (AvgIpc) is 2.58. The molecule has 1 aromatic rings. The minimum absolute atomic E-state index is 0.0251. The molecule has 4 nitrogen and oxygen atoms in total. The highest BCUT2D eigenvalue weighted by atomic mass is 16.5. The molecule has 1 aromatic carbocycles. The van der Waals surface area contributed by atoms with E-state index in [2.05, 4.69) is 6.58 Å². The normalized spacial score (nSPS) is 12.7. The fourth-order valence-corrected chi connectivity index (χ4v) is 2.02. The van der Waals surface area contributed by atoms with Crippen molar-refractivity contribution in [3.63, 3.8) is 0 Å². The highest BCUT2D eigenvalue weighted by molar-refractivity contribution is 5.59. The number of hydrogen-bond donors (Lipinski definition) is 3. The Hall–Kier alpha value is -2.72. The topological polar surface area (TPSA) is 69.9 Å². The van der Waals surface area contributed by atoms with Crippen molar-refractivity contribution in [2.45, 2.75) is 20.3 Å². The molecule has 0 heterocycles. The van der Waals surface area contributed by atoms with Gasteiger partial charge < -0.3 is 20.1 Å². The van der Waals surface area contributed by atoms with E-state index in [0.717, 1.165) is 11.1 Å². The molecule has 25 heavy (non-hydrogen) atoms. The number of phenols is 1. The molecule has 0 aliphatic rings. The number of aliphatic hydroxyl groups excluding tert-OH is 2. The third-order valence-corrected chi connectivity index (χ3v) is 3.52. The van der Waals surface area contributed by atoms with Gasteiger partial charge >= 0.3 is 0 Å². The lowest BCUT2D eigenvalue weighted by molar-refractivity contribution is 0.315. The summed E-state index contributed by atoms with van der Waals surface area (Å²) >= 11 is 0. The maximum Gasteiger partial charge on any atom is 0.160 e. The van der Waals surface area contributed by atoms with Gasteiger partial charge in [-0.05, 0) is 49.6 Å². The van der Waals surface area contributed by atoms with Crippen molar-refractivity contribution in [1.82, 2.24) is 0 Å². The first-order chi connectivity index (χ1) is 11.9. The highest BCUT2D eigenvalue weighted by Crippen LogP contribution is 2.27. The summed E-state index contributed by atoms with van der Waals surface area (Å²) < 4.78 is 5.01. The molecular weight excluding hydrogens is 316 g/mol. The van der Waals surface area contributed by atoms with Crippen LogP contribution >= 0.6 is 0 Å². The standard InChI is InChI=1S/C21H26O4/c1-5-16(12-19(23)18(14-22)10-6-15(2)3)7-8-17-9-11-21(25-4)20(24)13-17/h5-9,11-13,22-24H,1,10,14H2,2-4H3/b8-7+,16-12+,19-18+. The maximum atomic E-state index is 10.2. The van der Waals surface area contributed by atoms with Crippen LogP contribution in [-0.2, 0) is 0 Å². The fraction of sp³-hybridized carbons (Fsp3) is 0.238. The van der Waals surface area contributed by atoms with Crippen molar-refractivity contribution in [3.05, 3.63) is 77.1 Å². The van der Waals surface area contributed by atoms with Crippen LogP contribution in [0.3, 0.4) is 0 Å². The van der Waals surface area contributed by atoms with Gasteiger partial charge in [0.2, 0.25) is 0 Å². The van der Waals surface area contributed by atoms with Crippen LogP contribution in [0.15, 0.2) is 71.6 Å². The first kappa shape index (κ1) is 20.3. The van der Waals surface area contributed by atoms with E-state index in [1.54, 1.807) is 42.5 Å². The molecule has 0 fully saturated rings. The van der Waals surface area contributed by atoms with Crippen LogP contribution in [0.1, 0.15) is 25.8 Å². The van der Waals surface area contributed by atoms with Gasteiger partial charge in [-0.1, -0.05) is 42.5 Å². The monoisotopic (exact) mass is 342 g/mol. The van der Waals surface area contributed by atoms with E-state index in [1.165, 1.54) is 7.11 Å². The Morgan fingerprint density at radius 1 is 1.28 bits per heavy atom. The van der Waals surface area contributed by atoms with E-state index in [9.17, 15) is 15.3 Å². The summed E-state index contributed by atoms with van der Waals surface area (Å²) in [5, 5.41) is 29.4. The quantitative estimate of drug-likeness (QED) is 0.364. The number of phenolic OH excluding ortho intramolecular Hbond substituents is 1. The van der Waals surface area contributed by atoms with Crippen LogP contribution in [0.25, 0.3) is 6.08 Å². The predicted octanol–water partition coefficient (Wildman–Crippen LogP) is 4.69. The average molecular weight is 342 g/mol. The Morgan fingerprint density at radius 2 is 2.00 bits per heavy atom. The molecule has 0 spiro atoms. The number of aromatic hydroxyl groups is 1. The molecule has 4 heteroatoms. The summed E-state index contributed by atoms with van der Waals surface area (Å²) in [4.78, 5) is 0. The lowest BCUT2D eigenvalue weighted by Gasteiger charge is -2.05. The van der Waals surface area contributed by atoms with Crippen molar-refractivity contribution in [2.24, 2.45) is 0 Å². The summed E-state index contributed by atoms with van der Waals surface area (Å²) in [6.07, 6.45) is 9.14. The van der Waals surface area contributed by atoms with Crippen LogP contribution in [0.5, 0.6) is 11.5 Å². The highest BCUT2D eigenvalue weighted by Gasteiger charge is 2.03. The SMILES string of the molecule is C=CC(/C=C/c1ccc(OC)c(O)c1)=C\C(O)=C(/CO)CC=C(C)C. The largest absolute Gasteiger partial charge is 0.508 e. The number of benzene rings is 1. The van der Waals surface area contributed by atoms with Crippen molar-refractivity contribution < 1.29 is 20.1 Å². The number of methoxy groups -OCH3 is 1. The van der Waals surface area contributed by atoms with Gasteiger partial charge in [-0.3, -0.25) is 0 Å². The van der Waals surface area contributed by atoms with Crippen LogP contribution < -0.4 is 4.74 Å². The zero-order valence-electron chi connectivity index (χ0n) is 15.0. The van der Waals surface area contributed by atoms with E-state index in [0.29, 0.717) is 23.3 Å². The molecule has 0 bridgehead atoms. The second kappa shape index (κ2) is 10.2. The van der Waals surface area contributed by atoms with Crippen LogP contribution in [0.4, 0.5) is 0 Å². The molecule has 3 N–H and O–H groups in total. The number of aliphatic hydroxyl groups is 2. The summed E-state index contributed by atoms with van der Waals surface area (Å²) in [5.41, 5.74) is 3.11. The zero-order valence-corrected chi connectivity index (χ0v) is 15.0. The van der Waals surface area contributed by atoms with Gasteiger partial charge in [0.15, 0.2) is 11.5 Å². The minimum Gasteiger partial charge on any atom is -0.508 e. The van der Waals surface area contributed by atoms with E-state index in [4.69, 9.17) is 4.74 Å². The van der Waals surface area contributed by atoms with Gasteiger partial charge in [0.25, 0.3) is 0 Å². The lowest BCUT2D eigenvalue weighted by atomic mass is 10.1. The van der Waals surface area contributed by atoms with Crippen LogP contribution in [0.2, 0.25) is 0 Å². The van der Waals surface area contributed by atoms with Crippen molar-refractivity contribution in [2.75, 3.05) is 13.7 Å². The van der Waals surface area contributed by atoms with Gasteiger partial charge in [-0.2, -0.15) is 0 Å². The Bertz CT molecular complexity index is 717. The van der Waals surface area contributed by atoms with Gasteiger partial charge in [-0.25, -0.2) is 0 Å². The Morgan fingerprint density at radius 3 is 2.52 bits per heavy atom. The smallest absolute Gasteiger partial charge is 0.160 e. The van der Waals surface area contributed by atoms with Crippen LogP contribution in [0, 0.1) is 0 Å². The second-order valence-electron chi connectivity index (χ2n) is 5.75. The molecule has 0 aliphatic carbocycles. The van der Waals surface area contributed by atoms with E-state index in [-0.39, 0.29) is 18.1 Å². The lowest BCUT2D eigenvalue weighted by Crippen LogP contribution is -1.95. The molecule has 1 rings (SSSR count). The van der Waals surface area contributed by atoms with Crippen molar-refractivity contribution >= 4 is 6.08 Å². The number of rotatable bonds is 8. The van der Waals surface area contributed by atoms with E-state index in [1.807, 2.05) is 19.9 Å². The Labute approximate surface area is 149 Å². The molecule has 0 saturated heterocycles. The summed E-state index contributed by atoms with van der Waals surface area (Å²) in [7, 11) is 1.49. The first-order valence-electron chi connectivity index (χ1n) is 7.95. The third kappa shape index (κ3) is 6.73. The second-order valence-corrected chi connectivity index (χ2v) is 5.75. The predicted molar refractivity (Wildman–Crippen MR) is 103 cm³/mol. The minimum atomic E-state index is -0.216. The van der Waals surface area contributed by atoms with E-state index < -0.39 is 0 Å². The summed E-state index contributed by atoms with van der Waals surface area (Å²) in [5.74, 6) is 0.488. The summed E-state index contributed by atoms with van der Waals surface area (Å²) in [6.45, 7) is 7.44. The summed E-state index contributed by atoms with van der Waals surface area (Å²) in [6, 6.07) is 5.06. The van der Waals surface area contributed by atoms with Gasteiger partial charge in [0.1, 0.15) is 5.76 Å². The molecule has 0 saturated carbocycles. The number of ether oxygens (including phenoxy) is 1. The molecule has 0 unspecified atom stereocenters. The molecule has 0 amide bonds. The molecule has 0 radical (unpaired) electrons. The number of hydrogen-bond acceptors (Lipinski definition) is 4. The number of allylic oxidation sites excluding steroid dienone is 6. The molecule has 134 valence electrons. The fourth-order valence-electron chi connectivity index (χ4n) is 2.02. The Kier molecular flexibility index (Phi) is 8.30. The van der Waals surface area contributed by atoms with Gasteiger partial charge in [0.05, 0.1) is 13.7 Å². The van der Waals surface area contributed by atoms with Crippen molar-refractivity contribution in [3.8, 4) is 11.5 Å².